The van der Waals surface area contributed by atoms with Crippen LogP contribution >= 0.6 is 11.3 Å². The summed E-state index contributed by atoms with van der Waals surface area (Å²) in [5.41, 5.74) is 2.03. The number of carboxylic acids is 2. The van der Waals surface area contributed by atoms with Crippen molar-refractivity contribution in [2.75, 3.05) is 26.2 Å². The Morgan fingerprint density at radius 3 is 1.98 bits per heavy atom. The normalized spacial score (nSPS) is 14.7. The molecule has 6 N–H and O–H groups in total. The number of phenols is 2. The van der Waals surface area contributed by atoms with Crippen LogP contribution in [0.5, 0.6) is 17.2 Å². The Kier molecular flexibility index (Phi) is 10.9. The van der Waals surface area contributed by atoms with Crippen LogP contribution in [-0.2, 0) is 9.59 Å². The maximum Gasteiger partial charge on any atom is 0.335 e. The van der Waals surface area contributed by atoms with Crippen molar-refractivity contribution in [3.05, 3.63) is 77.9 Å². The summed E-state index contributed by atoms with van der Waals surface area (Å²) in [6.07, 6.45) is -0.684. The topological polar surface area (TPSA) is 185 Å². The zero-order chi connectivity index (χ0) is 31.8. The molecular weight excluding hydrogens is 590 g/mol. The molecular formula is C32H33NO10S. The number of thiophene rings is 1. The number of piperidine rings is 1. The Balaban J connectivity index is 0.000000382. The number of ether oxygens (including phenoxy) is 1. The number of phenolic OH excluding ortho intramolecular Hbond substituents is 2. The number of carbonyl (C=O) groups is 3. The summed E-state index contributed by atoms with van der Waals surface area (Å²) in [5, 5.41) is 53.0. The SMILES string of the molecule is O=C(O)C(O)C(O)C(=O)O.O=C(c1ccc(OCCN2CCCCC2)cc1)c1c(-c2ccc(O)cc2)sc2cc(O)ccc12. The Bertz CT molecular complexity index is 1580. The lowest BCUT2D eigenvalue weighted by atomic mass is 9.97. The van der Waals surface area contributed by atoms with Gasteiger partial charge in [0.05, 0.1) is 0 Å². The zero-order valence-corrected chi connectivity index (χ0v) is 24.4. The van der Waals surface area contributed by atoms with E-state index in [9.17, 15) is 24.6 Å². The second kappa shape index (κ2) is 14.8. The molecule has 1 aliphatic heterocycles. The van der Waals surface area contributed by atoms with Crippen molar-refractivity contribution < 1.29 is 49.8 Å². The first-order valence-corrected chi connectivity index (χ1v) is 14.7. The van der Waals surface area contributed by atoms with Gasteiger partial charge in [0.25, 0.3) is 0 Å². The minimum Gasteiger partial charge on any atom is -0.508 e. The lowest BCUT2D eigenvalue weighted by Crippen LogP contribution is -2.39. The predicted octanol–water partition coefficient (Wildman–Crippen LogP) is 3.95. The van der Waals surface area contributed by atoms with Crippen LogP contribution in [0, 0.1) is 0 Å². The number of fused-ring (bicyclic) bond motifs is 1. The summed E-state index contributed by atoms with van der Waals surface area (Å²) < 4.78 is 6.76. The van der Waals surface area contributed by atoms with Gasteiger partial charge in [-0.1, -0.05) is 6.42 Å². The molecule has 2 atom stereocenters. The highest BCUT2D eigenvalue weighted by molar-refractivity contribution is 7.22. The fourth-order valence-electron chi connectivity index (χ4n) is 4.72. The molecule has 3 aromatic carbocycles. The van der Waals surface area contributed by atoms with Gasteiger partial charge in [0.1, 0.15) is 23.9 Å². The highest BCUT2D eigenvalue weighted by Gasteiger charge is 2.29. The largest absolute Gasteiger partial charge is 0.508 e. The average Bonchev–Trinajstić information content (AvgIpc) is 3.40. The van der Waals surface area contributed by atoms with Gasteiger partial charge >= 0.3 is 11.9 Å². The van der Waals surface area contributed by atoms with Crippen LogP contribution in [0.15, 0.2) is 66.7 Å². The van der Waals surface area contributed by atoms with Gasteiger partial charge in [-0.15, -0.1) is 11.3 Å². The molecule has 5 rings (SSSR count). The lowest BCUT2D eigenvalue weighted by molar-refractivity contribution is -0.165. The fraction of sp³-hybridized carbons (Fsp3) is 0.281. The predicted molar refractivity (Wildman–Crippen MR) is 164 cm³/mol. The molecule has 1 aliphatic rings. The molecule has 0 aliphatic carbocycles. The van der Waals surface area contributed by atoms with E-state index in [-0.39, 0.29) is 17.3 Å². The number of aromatic hydroxyl groups is 2. The molecule has 1 aromatic heterocycles. The van der Waals surface area contributed by atoms with Crippen molar-refractivity contribution in [3.63, 3.8) is 0 Å². The summed E-state index contributed by atoms with van der Waals surface area (Å²) in [6.45, 7) is 3.85. The van der Waals surface area contributed by atoms with Crippen molar-refractivity contribution >= 4 is 39.1 Å². The third-order valence-electron chi connectivity index (χ3n) is 7.08. The van der Waals surface area contributed by atoms with E-state index in [0.717, 1.165) is 45.9 Å². The lowest BCUT2D eigenvalue weighted by Gasteiger charge is -2.26. The van der Waals surface area contributed by atoms with Crippen LogP contribution in [0.2, 0.25) is 0 Å². The van der Waals surface area contributed by atoms with Crippen LogP contribution in [0.4, 0.5) is 0 Å². The van der Waals surface area contributed by atoms with Crippen LogP contribution in [-0.4, -0.2) is 91.7 Å². The highest BCUT2D eigenvalue weighted by atomic mass is 32.1. The number of rotatable bonds is 10. The van der Waals surface area contributed by atoms with E-state index in [1.165, 1.54) is 30.6 Å². The molecule has 12 heteroatoms. The number of ketones is 1. The molecule has 0 spiro atoms. The number of hydrogen-bond donors (Lipinski definition) is 6. The van der Waals surface area contributed by atoms with Gasteiger partial charge in [0, 0.05) is 32.6 Å². The highest BCUT2D eigenvalue weighted by Crippen LogP contribution is 2.41. The quantitative estimate of drug-likeness (QED) is 0.141. The van der Waals surface area contributed by atoms with Crippen molar-refractivity contribution in [3.8, 4) is 27.7 Å². The molecule has 0 bridgehead atoms. The molecule has 1 fully saturated rings. The molecule has 44 heavy (non-hydrogen) atoms. The molecule has 4 aromatic rings. The maximum absolute atomic E-state index is 13.6. The number of aliphatic carboxylic acids is 2. The molecule has 1 saturated heterocycles. The molecule has 0 amide bonds. The number of likely N-dealkylation sites (tertiary alicyclic amines) is 1. The second-order valence-electron chi connectivity index (χ2n) is 10.2. The van der Waals surface area contributed by atoms with E-state index in [4.69, 9.17) is 25.2 Å². The van der Waals surface area contributed by atoms with Gasteiger partial charge in [-0.2, -0.15) is 0 Å². The molecule has 2 unspecified atom stereocenters. The van der Waals surface area contributed by atoms with E-state index >= 15 is 0 Å². The number of carboxylic acid groups (broad SMARTS) is 2. The molecule has 232 valence electrons. The third-order valence-corrected chi connectivity index (χ3v) is 8.28. The number of benzene rings is 3. The first-order valence-electron chi connectivity index (χ1n) is 13.9. The minimum atomic E-state index is -2.27. The molecule has 2 heterocycles. The standard InChI is InChI=1S/C28H27NO4S.C4H6O6/c30-21-8-4-20(5-9-21)28-26(24-13-10-22(31)18-25(24)34-28)27(32)19-6-11-23(12-7-19)33-17-16-29-14-2-1-3-15-29;5-1(3(7)8)2(6)4(9)10/h4-13,18,30-31H,1-3,14-17H2;1-2,5-6H,(H,7,8)(H,9,10). The number of carbonyl (C=O) groups excluding carboxylic acids is 1. The van der Waals surface area contributed by atoms with Gasteiger partial charge in [-0.3, -0.25) is 9.69 Å². The maximum atomic E-state index is 13.6. The Labute approximate surface area is 256 Å². The number of aliphatic hydroxyl groups is 2. The molecule has 11 nitrogen and oxygen atoms in total. The van der Waals surface area contributed by atoms with Gasteiger partial charge in [-0.05, 0) is 98.2 Å². The Hall–Kier alpha value is -4.49. The summed E-state index contributed by atoms with van der Waals surface area (Å²) in [5.74, 6) is -2.53. The fourth-order valence-corrected chi connectivity index (χ4v) is 5.96. The van der Waals surface area contributed by atoms with Crippen molar-refractivity contribution in [2.24, 2.45) is 0 Å². The second-order valence-corrected chi connectivity index (χ2v) is 11.3. The van der Waals surface area contributed by atoms with Crippen molar-refractivity contribution in [1.82, 2.24) is 4.90 Å². The van der Waals surface area contributed by atoms with Crippen molar-refractivity contribution in [1.29, 1.82) is 0 Å². The summed E-state index contributed by atoms with van der Waals surface area (Å²) in [4.78, 5) is 36.4. The molecule has 0 saturated carbocycles. The van der Waals surface area contributed by atoms with E-state index in [2.05, 4.69) is 4.90 Å². The minimum absolute atomic E-state index is 0.0834. The third kappa shape index (κ3) is 8.11. The van der Waals surface area contributed by atoms with Crippen LogP contribution in [0.25, 0.3) is 20.5 Å². The number of hydrogen-bond acceptors (Lipinski definition) is 10. The zero-order valence-electron chi connectivity index (χ0n) is 23.6. The number of aliphatic hydroxyl groups excluding tert-OH is 2. The summed E-state index contributed by atoms with van der Waals surface area (Å²) >= 11 is 1.46. The summed E-state index contributed by atoms with van der Waals surface area (Å²) in [6, 6.07) is 19.2. The van der Waals surface area contributed by atoms with E-state index < -0.39 is 24.1 Å². The van der Waals surface area contributed by atoms with E-state index in [1.807, 2.05) is 24.3 Å². The monoisotopic (exact) mass is 623 g/mol. The van der Waals surface area contributed by atoms with Gasteiger partial charge < -0.3 is 35.4 Å². The van der Waals surface area contributed by atoms with E-state index in [0.29, 0.717) is 17.7 Å². The van der Waals surface area contributed by atoms with Crippen LogP contribution in [0.1, 0.15) is 35.2 Å². The summed E-state index contributed by atoms with van der Waals surface area (Å²) in [7, 11) is 0. The first-order chi connectivity index (χ1) is 21.0. The van der Waals surface area contributed by atoms with Crippen LogP contribution in [0.3, 0.4) is 0 Å². The smallest absolute Gasteiger partial charge is 0.335 e. The molecule has 0 radical (unpaired) electrons. The van der Waals surface area contributed by atoms with Gasteiger partial charge in [0.15, 0.2) is 18.0 Å². The van der Waals surface area contributed by atoms with Gasteiger partial charge in [0.2, 0.25) is 0 Å². The Morgan fingerprint density at radius 1 is 0.795 bits per heavy atom. The van der Waals surface area contributed by atoms with E-state index in [1.54, 1.807) is 42.5 Å². The van der Waals surface area contributed by atoms with Gasteiger partial charge in [-0.25, -0.2) is 9.59 Å². The Morgan fingerprint density at radius 2 is 1.39 bits per heavy atom. The number of nitrogens with zero attached hydrogens (tertiary/aromatic N) is 1. The van der Waals surface area contributed by atoms with Crippen LogP contribution < -0.4 is 4.74 Å². The average molecular weight is 624 g/mol. The first kappa shape index (κ1) is 32.4. The van der Waals surface area contributed by atoms with Crippen molar-refractivity contribution in [2.45, 2.75) is 31.5 Å².